The molecule has 0 radical (unpaired) electrons. The molecule has 3 aromatic rings. The van der Waals surface area contributed by atoms with E-state index in [0.717, 1.165) is 30.2 Å². The summed E-state index contributed by atoms with van der Waals surface area (Å²) in [4.78, 5) is 17.1. The van der Waals surface area contributed by atoms with Crippen molar-refractivity contribution in [2.24, 2.45) is 7.05 Å². The number of rotatable bonds is 4. The summed E-state index contributed by atoms with van der Waals surface area (Å²) in [5, 5.41) is 8.70. The average molecular weight is 386 g/mol. The van der Waals surface area contributed by atoms with Crippen LogP contribution in [0.1, 0.15) is 15.9 Å². The van der Waals surface area contributed by atoms with Crippen LogP contribution < -0.4 is 0 Å². The minimum Gasteiger partial charge on any atom is -0.355 e. The first-order valence-corrected chi connectivity index (χ1v) is 9.18. The van der Waals surface area contributed by atoms with Gasteiger partial charge in [0.15, 0.2) is 5.76 Å². The van der Waals surface area contributed by atoms with Gasteiger partial charge in [-0.15, -0.1) is 0 Å². The molecule has 0 bridgehead atoms. The maximum atomic E-state index is 12.9. The van der Waals surface area contributed by atoms with E-state index in [2.05, 4.69) is 21.2 Å². The average Bonchev–Trinajstić information content (AvgIpc) is 3.30. The van der Waals surface area contributed by atoms with Gasteiger partial charge >= 0.3 is 0 Å². The Hall–Kier alpha value is -2.64. The first-order valence-electron chi connectivity index (χ1n) is 8.80. The van der Waals surface area contributed by atoms with E-state index in [-0.39, 0.29) is 5.91 Å². The number of carbonyl (C=O) groups is 1. The second-order valence-corrected chi connectivity index (χ2v) is 7.11. The zero-order chi connectivity index (χ0) is 18.8. The maximum Gasteiger partial charge on any atom is 0.259 e. The molecule has 1 aliphatic heterocycles. The first kappa shape index (κ1) is 17.8. The summed E-state index contributed by atoms with van der Waals surface area (Å²) in [7, 11) is 1.82. The largest absolute Gasteiger partial charge is 0.355 e. The fraction of sp³-hybridized carbons (Fsp3) is 0.316. The van der Waals surface area contributed by atoms with Crippen molar-refractivity contribution in [1.82, 2.24) is 24.7 Å². The second-order valence-electron chi connectivity index (χ2n) is 6.67. The lowest BCUT2D eigenvalue weighted by Crippen LogP contribution is -2.48. The highest BCUT2D eigenvalue weighted by molar-refractivity contribution is 6.30. The Morgan fingerprint density at radius 1 is 1.22 bits per heavy atom. The van der Waals surface area contributed by atoms with Crippen LogP contribution in [0.3, 0.4) is 0 Å². The number of amides is 1. The van der Waals surface area contributed by atoms with Crippen molar-refractivity contribution in [1.29, 1.82) is 0 Å². The SMILES string of the molecule is Cn1cc(-c2oncc2C(=O)N2CCN(Cc3cccc(Cl)c3)CC2)cn1. The van der Waals surface area contributed by atoms with E-state index in [1.807, 2.05) is 30.1 Å². The molecular formula is C19H20ClN5O2. The van der Waals surface area contributed by atoms with E-state index in [9.17, 15) is 4.79 Å². The molecule has 0 N–H and O–H groups in total. The number of piperazine rings is 1. The minimum atomic E-state index is -0.0579. The van der Waals surface area contributed by atoms with E-state index in [0.29, 0.717) is 24.4 Å². The molecule has 1 aromatic carbocycles. The molecule has 1 aliphatic rings. The topological polar surface area (TPSA) is 67.4 Å². The van der Waals surface area contributed by atoms with Crippen LogP contribution in [0.5, 0.6) is 0 Å². The molecule has 8 heteroatoms. The summed E-state index contributed by atoms with van der Waals surface area (Å²) >= 11 is 6.06. The monoisotopic (exact) mass is 385 g/mol. The van der Waals surface area contributed by atoms with Gasteiger partial charge in [-0.1, -0.05) is 28.9 Å². The number of nitrogens with zero attached hydrogens (tertiary/aromatic N) is 5. The highest BCUT2D eigenvalue weighted by atomic mass is 35.5. The molecule has 140 valence electrons. The van der Waals surface area contributed by atoms with Crippen LogP contribution in [0, 0.1) is 0 Å². The number of hydrogen-bond acceptors (Lipinski definition) is 5. The quantitative estimate of drug-likeness (QED) is 0.690. The van der Waals surface area contributed by atoms with Crippen LogP contribution in [0.25, 0.3) is 11.3 Å². The Balaban J connectivity index is 1.40. The molecule has 0 atom stereocenters. The molecule has 1 fully saturated rings. The first-order chi connectivity index (χ1) is 13.1. The Bertz CT molecular complexity index is 943. The third kappa shape index (κ3) is 3.89. The molecule has 4 rings (SSSR count). The fourth-order valence-corrected chi connectivity index (χ4v) is 3.52. The van der Waals surface area contributed by atoms with Crippen LogP contribution in [0.4, 0.5) is 0 Å². The van der Waals surface area contributed by atoms with E-state index in [1.54, 1.807) is 17.1 Å². The smallest absolute Gasteiger partial charge is 0.259 e. The Kier molecular flexibility index (Phi) is 4.96. The molecule has 0 aliphatic carbocycles. The van der Waals surface area contributed by atoms with Crippen molar-refractivity contribution in [3.8, 4) is 11.3 Å². The highest BCUT2D eigenvalue weighted by Crippen LogP contribution is 2.24. The van der Waals surface area contributed by atoms with Crippen molar-refractivity contribution in [2.45, 2.75) is 6.54 Å². The van der Waals surface area contributed by atoms with E-state index < -0.39 is 0 Å². The van der Waals surface area contributed by atoms with Gasteiger partial charge in [-0.3, -0.25) is 14.4 Å². The number of benzene rings is 1. The summed E-state index contributed by atoms with van der Waals surface area (Å²) in [6.45, 7) is 3.78. The molecule has 7 nitrogen and oxygen atoms in total. The van der Waals surface area contributed by atoms with Crippen LogP contribution in [-0.2, 0) is 13.6 Å². The lowest BCUT2D eigenvalue weighted by molar-refractivity contribution is 0.0629. The van der Waals surface area contributed by atoms with E-state index in [4.69, 9.17) is 16.1 Å². The van der Waals surface area contributed by atoms with Crippen LogP contribution in [0.15, 0.2) is 47.4 Å². The van der Waals surface area contributed by atoms with Crippen molar-refractivity contribution in [3.05, 3.63) is 59.0 Å². The second kappa shape index (κ2) is 7.54. The molecule has 0 spiro atoms. The molecule has 1 amide bonds. The maximum absolute atomic E-state index is 12.9. The van der Waals surface area contributed by atoms with E-state index in [1.165, 1.54) is 11.8 Å². The van der Waals surface area contributed by atoms with Gasteiger partial charge in [-0.25, -0.2) is 0 Å². The van der Waals surface area contributed by atoms with Gasteiger partial charge in [0.25, 0.3) is 5.91 Å². The fourth-order valence-electron chi connectivity index (χ4n) is 3.31. The highest BCUT2D eigenvalue weighted by Gasteiger charge is 2.27. The molecule has 0 saturated carbocycles. The Labute approximate surface area is 162 Å². The molecule has 2 aromatic heterocycles. The van der Waals surface area contributed by atoms with Gasteiger partial charge in [-0.05, 0) is 17.7 Å². The molecule has 27 heavy (non-hydrogen) atoms. The molecule has 0 unspecified atom stereocenters. The number of aryl methyl sites for hydroxylation is 1. The molecular weight excluding hydrogens is 366 g/mol. The number of carbonyl (C=O) groups excluding carboxylic acids is 1. The third-order valence-electron chi connectivity index (χ3n) is 4.72. The lowest BCUT2D eigenvalue weighted by Gasteiger charge is -2.34. The van der Waals surface area contributed by atoms with Crippen molar-refractivity contribution in [2.75, 3.05) is 26.2 Å². The van der Waals surface area contributed by atoms with Crippen molar-refractivity contribution in [3.63, 3.8) is 0 Å². The Morgan fingerprint density at radius 2 is 2.04 bits per heavy atom. The summed E-state index contributed by atoms with van der Waals surface area (Å²) in [5.74, 6) is 0.409. The zero-order valence-electron chi connectivity index (χ0n) is 15.0. The number of hydrogen-bond donors (Lipinski definition) is 0. The van der Waals surface area contributed by atoms with Gasteiger partial charge in [0, 0.05) is 51.0 Å². The lowest BCUT2D eigenvalue weighted by atomic mass is 10.1. The molecule has 3 heterocycles. The van der Waals surface area contributed by atoms with Gasteiger partial charge in [0.2, 0.25) is 0 Å². The number of aromatic nitrogens is 3. The van der Waals surface area contributed by atoms with E-state index >= 15 is 0 Å². The van der Waals surface area contributed by atoms with Crippen molar-refractivity contribution >= 4 is 17.5 Å². The summed E-state index contributed by atoms with van der Waals surface area (Å²) in [6, 6.07) is 7.89. The van der Waals surface area contributed by atoms with Gasteiger partial charge < -0.3 is 9.42 Å². The van der Waals surface area contributed by atoms with Crippen LogP contribution in [0.2, 0.25) is 5.02 Å². The standard InChI is InChI=1S/C19H20ClN5O2/c1-23-13-15(10-21-23)18-17(11-22-27-18)19(26)25-7-5-24(6-8-25)12-14-3-2-4-16(20)9-14/h2-4,9-11,13H,5-8,12H2,1H3. The van der Waals surface area contributed by atoms with Crippen LogP contribution in [-0.4, -0.2) is 56.8 Å². The van der Waals surface area contributed by atoms with Gasteiger partial charge in [0.05, 0.1) is 18.0 Å². The minimum absolute atomic E-state index is 0.0579. The summed E-state index contributed by atoms with van der Waals surface area (Å²) in [6.07, 6.45) is 4.96. The predicted molar refractivity (Wildman–Crippen MR) is 101 cm³/mol. The zero-order valence-corrected chi connectivity index (χ0v) is 15.8. The predicted octanol–water partition coefficient (Wildman–Crippen LogP) is 2.69. The van der Waals surface area contributed by atoms with Gasteiger partial charge in [0.1, 0.15) is 5.56 Å². The third-order valence-corrected chi connectivity index (χ3v) is 4.96. The number of halogens is 1. The normalized spacial score (nSPS) is 15.3. The Morgan fingerprint density at radius 3 is 2.74 bits per heavy atom. The van der Waals surface area contributed by atoms with Gasteiger partial charge in [-0.2, -0.15) is 5.10 Å². The summed E-state index contributed by atoms with van der Waals surface area (Å²) in [5.41, 5.74) is 2.41. The van der Waals surface area contributed by atoms with Crippen molar-refractivity contribution < 1.29 is 9.32 Å². The van der Waals surface area contributed by atoms with Crippen LogP contribution >= 0.6 is 11.6 Å². The summed E-state index contributed by atoms with van der Waals surface area (Å²) < 4.78 is 6.98. The molecule has 1 saturated heterocycles.